The standard InChI is InChI=1S/C19H15F3N4O2/c1-2-28-15-6-4-3-5-12(15)23-16-10-9-14(25-26-16)19(27)24-13-8-7-11(20)17(21)18(13)22/h3-10H,2H2,1H3,(H,23,26)(H,24,27). The lowest BCUT2D eigenvalue weighted by Crippen LogP contribution is -2.16. The maximum Gasteiger partial charge on any atom is 0.276 e. The summed E-state index contributed by atoms with van der Waals surface area (Å²) in [4.78, 5) is 12.1. The Kier molecular flexibility index (Phi) is 5.73. The highest BCUT2D eigenvalue weighted by atomic mass is 19.2. The number of hydrogen-bond acceptors (Lipinski definition) is 5. The number of carbonyl (C=O) groups excluding carboxylic acids is 1. The van der Waals surface area contributed by atoms with Gasteiger partial charge in [0.25, 0.3) is 5.91 Å². The van der Waals surface area contributed by atoms with Gasteiger partial charge in [-0.25, -0.2) is 13.2 Å². The van der Waals surface area contributed by atoms with Crippen molar-refractivity contribution in [1.29, 1.82) is 0 Å². The summed E-state index contributed by atoms with van der Waals surface area (Å²) in [7, 11) is 0. The zero-order valence-corrected chi connectivity index (χ0v) is 14.7. The number of halogens is 3. The fourth-order valence-corrected chi connectivity index (χ4v) is 2.32. The van der Waals surface area contributed by atoms with Gasteiger partial charge >= 0.3 is 0 Å². The number of hydrogen-bond donors (Lipinski definition) is 2. The molecule has 0 aliphatic rings. The lowest BCUT2D eigenvalue weighted by molar-refractivity contribution is 0.102. The molecule has 3 rings (SSSR count). The first-order valence-corrected chi connectivity index (χ1v) is 8.27. The Bertz CT molecular complexity index is 997. The Morgan fingerprint density at radius 2 is 1.75 bits per heavy atom. The number of ether oxygens (including phenoxy) is 1. The Hall–Kier alpha value is -3.62. The summed E-state index contributed by atoms with van der Waals surface area (Å²) in [6, 6.07) is 11.7. The predicted octanol–water partition coefficient (Wildman–Crippen LogP) is 4.29. The molecule has 3 aromatic rings. The second-order valence-electron chi connectivity index (χ2n) is 5.54. The van der Waals surface area contributed by atoms with Gasteiger partial charge in [-0.2, -0.15) is 0 Å². The number of para-hydroxylation sites is 2. The van der Waals surface area contributed by atoms with Gasteiger partial charge in [0.05, 0.1) is 18.0 Å². The van der Waals surface area contributed by atoms with Crippen molar-refractivity contribution in [2.24, 2.45) is 0 Å². The lowest BCUT2D eigenvalue weighted by Gasteiger charge is -2.11. The SMILES string of the molecule is CCOc1ccccc1Nc1ccc(C(=O)Nc2ccc(F)c(F)c2F)nn1. The van der Waals surface area contributed by atoms with Crippen molar-refractivity contribution in [3.05, 3.63) is 71.7 Å². The zero-order valence-electron chi connectivity index (χ0n) is 14.7. The fraction of sp³-hybridized carbons (Fsp3) is 0.105. The van der Waals surface area contributed by atoms with Gasteiger partial charge in [0, 0.05) is 0 Å². The van der Waals surface area contributed by atoms with Crippen LogP contribution in [0.25, 0.3) is 0 Å². The summed E-state index contributed by atoms with van der Waals surface area (Å²) in [6.45, 7) is 2.35. The second-order valence-corrected chi connectivity index (χ2v) is 5.54. The van der Waals surface area contributed by atoms with E-state index in [0.29, 0.717) is 29.9 Å². The zero-order chi connectivity index (χ0) is 20.1. The second kappa shape index (κ2) is 8.38. The minimum absolute atomic E-state index is 0.132. The molecular formula is C19H15F3N4O2. The Balaban J connectivity index is 1.72. The average Bonchev–Trinajstić information content (AvgIpc) is 2.70. The first-order chi connectivity index (χ1) is 13.5. The number of nitrogens with one attached hydrogen (secondary N) is 2. The molecule has 28 heavy (non-hydrogen) atoms. The molecule has 0 aliphatic carbocycles. The van der Waals surface area contributed by atoms with Crippen LogP contribution in [0.1, 0.15) is 17.4 Å². The van der Waals surface area contributed by atoms with E-state index >= 15 is 0 Å². The van der Waals surface area contributed by atoms with Crippen molar-refractivity contribution in [1.82, 2.24) is 10.2 Å². The van der Waals surface area contributed by atoms with Gasteiger partial charge in [-0.3, -0.25) is 4.79 Å². The third-order valence-corrected chi connectivity index (χ3v) is 3.63. The molecule has 0 radical (unpaired) electrons. The summed E-state index contributed by atoms with van der Waals surface area (Å²) in [5.74, 6) is -4.36. The minimum atomic E-state index is -1.67. The fourth-order valence-electron chi connectivity index (χ4n) is 2.32. The van der Waals surface area contributed by atoms with Crippen LogP contribution in [0.3, 0.4) is 0 Å². The number of anilines is 3. The molecule has 0 bridgehead atoms. The van der Waals surface area contributed by atoms with Gasteiger partial charge in [0.1, 0.15) is 5.75 Å². The molecule has 0 fully saturated rings. The lowest BCUT2D eigenvalue weighted by atomic mass is 10.2. The average molecular weight is 388 g/mol. The molecule has 0 saturated heterocycles. The molecule has 0 saturated carbocycles. The van der Waals surface area contributed by atoms with Gasteiger partial charge in [-0.15, -0.1) is 10.2 Å². The van der Waals surface area contributed by atoms with E-state index < -0.39 is 29.0 Å². The van der Waals surface area contributed by atoms with Gasteiger partial charge in [0.2, 0.25) is 0 Å². The van der Waals surface area contributed by atoms with Crippen molar-refractivity contribution in [2.45, 2.75) is 6.92 Å². The van der Waals surface area contributed by atoms with Gasteiger partial charge < -0.3 is 15.4 Å². The number of rotatable bonds is 6. The van der Waals surface area contributed by atoms with Crippen LogP contribution in [0, 0.1) is 17.5 Å². The number of carbonyl (C=O) groups is 1. The molecule has 1 heterocycles. The monoisotopic (exact) mass is 388 g/mol. The summed E-state index contributed by atoms with van der Waals surface area (Å²) < 4.78 is 45.4. The third-order valence-electron chi connectivity index (χ3n) is 3.63. The van der Waals surface area contributed by atoms with E-state index in [9.17, 15) is 18.0 Å². The van der Waals surface area contributed by atoms with Crippen LogP contribution in [0.15, 0.2) is 48.5 Å². The molecule has 0 spiro atoms. The van der Waals surface area contributed by atoms with Crippen molar-refractivity contribution >= 4 is 23.1 Å². The van der Waals surface area contributed by atoms with Crippen LogP contribution in [0.2, 0.25) is 0 Å². The number of nitrogens with zero attached hydrogens (tertiary/aromatic N) is 2. The molecule has 2 N–H and O–H groups in total. The summed E-state index contributed by atoms with van der Waals surface area (Å²) in [5.41, 5.74) is 0.0334. The summed E-state index contributed by atoms with van der Waals surface area (Å²) in [6.07, 6.45) is 0. The molecular weight excluding hydrogens is 373 g/mol. The highest BCUT2D eigenvalue weighted by Gasteiger charge is 2.17. The first-order valence-electron chi connectivity index (χ1n) is 8.27. The van der Waals surface area contributed by atoms with Crippen molar-refractivity contribution in [3.63, 3.8) is 0 Å². The van der Waals surface area contributed by atoms with Crippen LogP contribution in [-0.4, -0.2) is 22.7 Å². The van der Waals surface area contributed by atoms with Gasteiger partial charge in [0.15, 0.2) is 29.0 Å². The number of amides is 1. The molecule has 1 amide bonds. The highest BCUT2D eigenvalue weighted by Crippen LogP contribution is 2.26. The molecule has 9 heteroatoms. The number of aromatic nitrogens is 2. The van der Waals surface area contributed by atoms with Crippen LogP contribution in [-0.2, 0) is 0 Å². The van der Waals surface area contributed by atoms with Gasteiger partial charge in [-0.05, 0) is 43.3 Å². The van der Waals surface area contributed by atoms with Crippen LogP contribution in [0.4, 0.5) is 30.4 Å². The van der Waals surface area contributed by atoms with E-state index in [1.807, 2.05) is 19.1 Å². The molecule has 0 unspecified atom stereocenters. The molecule has 0 atom stereocenters. The Morgan fingerprint density at radius 3 is 2.46 bits per heavy atom. The smallest absolute Gasteiger partial charge is 0.276 e. The maximum absolute atomic E-state index is 13.7. The van der Waals surface area contributed by atoms with Crippen molar-refractivity contribution < 1.29 is 22.7 Å². The normalized spacial score (nSPS) is 10.4. The van der Waals surface area contributed by atoms with Crippen LogP contribution < -0.4 is 15.4 Å². The van der Waals surface area contributed by atoms with Crippen LogP contribution >= 0.6 is 0 Å². The predicted molar refractivity (Wildman–Crippen MR) is 97.2 cm³/mol. The molecule has 0 aliphatic heterocycles. The van der Waals surface area contributed by atoms with Crippen molar-refractivity contribution in [2.75, 3.05) is 17.2 Å². The third kappa shape index (κ3) is 4.20. The minimum Gasteiger partial charge on any atom is -0.492 e. The summed E-state index contributed by atoms with van der Waals surface area (Å²) in [5, 5.41) is 12.8. The van der Waals surface area contributed by atoms with E-state index in [1.54, 1.807) is 12.1 Å². The quantitative estimate of drug-likeness (QED) is 0.616. The first kappa shape index (κ1) is 19.2. The maximum atomic E-state index is 13.7. The van der Waals surface area contributed by atoms with E-state index in [0.717, 1.165) is 6.07 Å². The molecule has 2 aromatic carbocycles. The van der Waals surface area contributed by atoms with Crippen LogP contribution in [0.5, 0.6) is 5.75 Å². The van der Waals surface area contributed by atoms with Gasteiger partial charge in [-0.1, -0.05) is 12.1 Å². The van der Waals surface area contributed by atoms with Crippen molar-refractivity contribution in [3.8, 4) is 5.75 Å². The van der Waals surface area contributed by atoms with E-state index in [2.05, 4.69) is 20.8 Å². The number of benzene rings is 2. The van der Waals surface area contributed by atoms with E-state index in [4.69, 9.17) is 4.74 Å². The topological polar surface area (TPSA) is 76.1 Å². The van der Waals surface area contributed by atoms with E-state index in [1.165, 1.54) is 12.1 Å². The Morgan fingerprint density at radius 1 is 0.964 bits per heavy atom. The highest BCUT2D eigenvalue weighted by molar-refractivity contribution is 6.02. The Labute approximate surface area is 158 Å². The molecule has 144 valence electrons. The molecule has 1 aromatic heterocycles. The largest absolute Gasteiger partial charge is 0.492 e. The molecule has 6 nitrogen and oxygen atoms in total. The van der Waals surface area contributed by atoms with E-state index in [-0.39, 0.29) is 5.69 Å². The summed E-state index contributed by atoms with van der Waals surface area (Å²) >= 11 is 0.